The molecule has 1 atom stereocenters. The van der Waals surface area contributed by atoms with Crippen molar-refractivity contribution in [2.45, 2.75) is 51.5 Å². The molecular formula is C13H28N2O2. The van der Waals surface area contributed by atoms with E-state index < -0.39 is 11.5 Å². The summed E-state index contributed by atoms with van der Waals surface area (Å²) in [6.07, 6.45) is 5.15. The molecule has 0 rings (SSSR count). The Morgan fingerprint density at radius 1 is 1.29 bits per heavy atom. The predicted octanol–water partition coefficient (Wildman–Crippen LogP) is 1.95. The molecular weight excluding hydrogens is 216 g/mol. The Bertz CT molecular complexity index is 221. The largest absolute Gasteiger partial charge is 0.480 e. The SMILES string of the molecule is CCCCN(C)CCCCC(C)(NC)C(=O)O. The van der Waals surface area contributed by atoms with Crippen molar-refractivity contribution in [3.63, 3.8) is 0 Å². The van der Waals surface area contributed by atoms with E-state index in [9.17, 15) is 4.79 Å². The van der Waals surface area contributed by atoms with Gasteiger partial charge >= 0.3 is 5.97 Å². The monoisotopic (exact) mass is 244 g/mol. The van der Waals surface area contributed by atoms with E-state index in [1.807, 2.05) is 0 Å². The molecule has 4 nitrogen and oxygen atoms in total. The van der Waals surface area contributed by atoms with Crippen LogP contribution in [0.15, 0.2) is 0 Å². The maximum absolute atomic E-state index is 11.0. The van der Waals surface area contributed by atoms with E-state index in [-0.39, 0.29) is 0 Å². The Morgan fingerprint density at radius 3 is 2.35 bits per heavy atom. The summed E-state index contributed by atoms with van der Waals surface area (Å²) in [5.74, 6) is -0.765. The van der Waals surface area contributed by atoms with E-state index in [1.165, 1.54) is 12.8 Å². The molecule has 0 fully saturated rings. The Hall–Kier alpha value is -0.610. The number of carboxylic acids is 1. The molecule has 0 amide bonds. The average Bonchev–Trinajstić information content (AvgIpc) is 2.31. The zero-order valence-electron chi connectivity index (χ0n) is 11.8. The molecule has 0 radical (unpaired) electrons. The van der Waals surface area contributed by atoms with Crippen LogP contribution < -0.4 is 5.32 Å². The van der Waals surface area contributed by atoms with Gasteiger partial charge in [0.05, 0.1) is 0 Å². The highest BCUT2D eigenvalue weighted by Gasteiger charge is 2.29. The molecule has 1 unspecified atom stereocenters. The van der Waals surface area contributed by atoms with Gasteiger partial charge in [-0.05, 0) is 59.8 Å². The molecule has 4 heteroatoms. The number of aliphatic carboxylic acids is 1. The molecule has 0 bridgehead atoms. The molecule has 0 spiro atoms. The topological polar surface area (TPSA) is 52.6 Å². The van der Waals surface area contributed by atoms with Crippen LogP contribution in [0.2, 0.25) is 0 Å². The first-order valence-electron chi connectivity index (χ1n) is 6.57. The van der Waals surface area contributed by atoms with E-state index in [1.54, 1.807) is 14.0 Å². The summed E-state index contributed by atoms with van der Waals surface area (Å²) in [6, 6.07) is 0. The minimum absolute atomic E-state index is 0.681. The third-order valence-electron chi connectivity index (χ3n) is 3.38. The number of likely N-dealkylation sites (N-methyl/N-ethyl adjacent to an activating group) is 1. The van der Waals surface area contributed by atoms with Gasteiger partial charge in [0, 0.05) is 0 Å². The highest BCUT2D eigenvalue weighted by atomic mass is 16.4. The Morgan fingerprint density at radius 2 is 1.88 bits per heavy atom. The minimum atomic E-state index is -0.776. The number of rotatable bonds is 10. The molecule has 102 valence electrons. The van der Waals surface area contributed by atoms with Crippen molar-refractivity contribution in [3.8, 4) is 0 Å². The zero-order chi connectivity index (χ0) is 13.3. The van der Waals surface area contributed by atoms with Crippen LogP contribution in [0.3, 0.4) is 0 Å². The predicted molar refractivity (Wildman–Crippen MR) is 71.4 cm³/mol. The van der Waals surface area contributed by atoms with Gasteiger partial charge in [-0.1, -0.05) is 13.3 Å². The molecule has 17 heavy (non-hydrogen) atoms. The number of nitrogens with zero attached hydrogens (tertiary/aromatic N) is 1. The third kappa shape index (κ3) is 6.64. The van der Waals surface area contributed by atoms with Gasteiger partial charge < -0.3 is 15.3 Å². The van der Waals surface area contributed by atoms with Crippen LogP contribution in [0.25, 0.3) is 0 Å². The number of carbonyl (C=O) groups is 1. The minimum Gasteiger partial charge on any atom is -0.480 e. The third-order valence-corrected chi connectivity index (χ3v) is 3.38. The van der Waals surface area contributed by atoms with Crippen LogP contribution in [0.1, 0.15) is 46.0 Å². The van der Waals surface area contributed by atoms with Gasteiger partial charge in [-0.15, -0.1) is 0 Å². The molecule has 0 aromatic carbocycles. The molecule has 0 saturated carbocycles. The summed E-state index contributed by atoms with van der Waals surface area (Å²) in [6.45, 7) is 6.13. The lowest BCUT2D eigenvalue weighted by Crippen LogP contribution is -2.47. The molecule has 0 aliphatic carbocycles. The first-order valence-corrected chi connectivity index (χ1v) is 6.57. The summed E-state index contributed by atoms with van der Waals surface area (Å²) >= 11 is 0. The molecule has 0 aromatic heterocycles. The van der Waals surface area contributed by atoms with E-state index in [0.717, 1.165) is 25.9 Å². The van der Waals surface area contributed by atoms with E-state index >= 15 is 0 Å². The summed E-state index contributed by atoms with van der Waals surface area (Å²) in [5.41, 5.74) is -0.776. The maximum Gasteiger partial charge on any atom is 0.323 e. The second kappa shape index (κ2) is 8.48. The quantitative estimate of drug-likeness (QED) is 0.577. The second-order valence-electron chi connectivity index (χ2n) is 5.00. The smallest absolute Gasteiger partial charge is 0.323 e. The lowest BCUT2D eigenvalue weighted by molar-refractivity contribution is -0.144. The van der Waals surface area contributed by atoms with Gasteiger partial charge in [0.1, 0.15) is 5.54 Å². The van der Waals surface area contributed by atoms with Crippen molar-refractivity contribution in [1.82, 2.24) is 10.2 Å². The van der Waals surface area contributed by atoms with E-state index in [2.05, 4.69) is 24.2 Å². The number of hydrogen-bond donors (Lipinski definition) is 2. The van der Waals surface area contributed by atoms with Gasteiger partial charge in [0.15, 0.2) is 0 Å². The second-order valence-corrected chi connectivity index (χ2v) is 5.00. The molecule has 0 heterocycles. The Kier molecular flexibility index (Phi) is 8.17. The summed E-state index contributed by atoms with van der Waals surface area (Å²) in [5, 5.41) is 12.0. The van der Waals surface area contributed by atoms with Gasteiger partial charge in [0.2, 0.25) is 0 Å². The van der Waals surface area contributed by atoms with Crippen molar-refractivity contribution in [2.75, 3.05) is 27.2 Å². The Labute approximate surface area is 105 Å². The number of carboxylic acid groups (broad SMARTS) is 1. The molecule has 0 aromatic rings. The van der Waals surface area contributed by atoms with Crippen molar-refractivity contribution in [1.29, 1.82) is 0 Å². The molecule has 0 aliphatic heterocycles. The molecule has 0 saturated heterocycles. The standard InChI is InChI=1S/C13H28N2O2/c1-5-6-10-15(4)11-8-7-9-13(2,14-3)12(16)17/h14H,5-11H2,1-4H3,(H,16,17). The number of unbranched alkanes of at least 4 members (excludes halogenated alkanes) is 2. The first kappa shape index (κ1) is 16.4. The van der Waals surface area contributed by atoms with Gasteiger partial charge in [0.25, 0.3) is 0 Å². The van der Waals surface area contributed by atoms with Crippen LogP contribution in [0.5, 0.6) is 0 Å². The fourth-order valence-electron chi connectivity index (χ4n) is 1.74. The van der Waals surface area contributed by atoms with Gasteiger partial charge in [-0.2, -0.15) is 0 Å². The van der Waals surface area contributed by atoms with Crippen molar-refractivity contribution < 1.29 is 9.90 Å². The van der Waals surface area contributed by atoms with Crippen molar-refractivity contribution in [3.05, 3.63) is 0 Å². The fourth-order valence-corrected chi connectivity index (χ4v) is 1.74. The lowest BCUT2D eigenvalue weighted by atomic mass is 9.95. The van der Waals surface area contributed by atoms with Crippen LogP contribution in [0, 0.1) is 0 Å². The Balaban J connectivity index is 3.72. The molecule has 2 N–H and O–H groups in total. The van der Waals surface area contributed by atoms with E-state index in [4.69, 9.17) is 5.11 Å². The van der Waals surface area contributed by atoms with Crippen LogP contribution in [-0.2, 0) is 4.79 Å². The van der Waals surface area contributed by atoms with Crippen LogP contribution >= 0.6 is 0 Å². The maximum atomic E-state index is 11.0. The highest BCUT2D eigenvalue weighted by molar-refractivity contribution is 5.78. The summed E-state index contributed by atoms with van der Waals surface area (Å²) in [7, 11) is 3.84. The van der Waals surface area contributed by atoms with Crippen LogP contribution in [0.4, 0.5) is 0 Å². The number of hydrogen-bond acceptors (Lipinski definition) is 3. The fraction of sp³-hybridized carbons (Fsp3) is 0.923. The van der Waals surface area contributed by atoms with Crippen molar-refractivity contribution in [2.24, 2.45) is 0 Å². The highest BCUT2D eigenvalue weighted by Crippen LogP contribution is 2.13. The normalized spacial score (nSPS) is 14.9. The van der Waals surface area contributed by atoms with Crippen LogP contribution in [-0.4, -0.2) is 48.7 Å². The summed E-state index contributed by atoms with van der Waals surface area (Å²) in [4.78, 5) is 13.4. The van der Waals surface area contributed by atoms with Gasteiger partial charge in [-0.25, -0.2) is 0 Å². The zero-order valence-corrected chi connectivity index (χ0v) is 11.8. The lowest BCUT2D eigenvalue weighted by Gasteiger charge is -2.24. The van der Waals surface area contributed by atoms with Gasteiger partial charge in [-0.3, -0.25) is 4.79 Å². The molecule has 0 aliphatic rings. The first-order chi connectivity index (χ1) is 7.96. The average molecular weight is 244 g/mol. The van der Waals surface area contributed by atoms with Crippen molar-refractivity contribution >= 4 is 5.97 Å². The number of nitrogens with one attached hydrogen (secondary N) is 1. The van der Waals surface area contributed by atoms with E-state index in [0.29, 0.717) is 6.42 Å². The summed E-state index contributed by atoms with van der Waals surface area (Å²) < 4.78 is 0.